The third kappa shape index (κ3) is 4.94. The Labute approximate surface area is 257 Å². The first-order valence-electron chi connectivity index (χ1n) is 16.5. The van der Waals surface area contributed by atoms with Gasteiger partial charge in [-0.1, -0.05) is 154 Å². The predicted octanol–water partition coefficient (Wildman–Crippen LogP) is 9.17. The molecule has 1 saturated heterocycles. The van der Waals surface area contributed by atoms with E-state index in [1.807, 2.05) is 0 Å². The molecule has 1 saturated carbocycles. The summed E-state index contributed by atoms with van der Waals surface area (Å²) in [5, 5.41) is 4.26. The normalized spacial score (nSPS) is 34.1. The zero-order chi connectivity index (χ0) is 30.2. The molecule has 1 heterocycles. The second-order valence-corrected chi connectivity index (χ2v) is 21.1. The molecule has 0 amide bonds. The van der Waals surface area contributed by atoms with Gasteiger partial charge in [-0.3, -0.25) is 5.32 Å². The average Bonchev–Trinajstić information content (AvgIpc) is 3.49. The summed E-state index contributed by atoms with van der Waals surface area (Å²) in [7, 11) is -1.98. The highest BCUT2D eigenvalue weighted by Crippen LogP contribution is 2.59. The lowest BCUT2D eigenvalue weighted by Crippen LogP contribution is -2.61. The molecule has 1 aromatic rings. The first kappa shape index (κ1) is 29.9. The van der Waals surface area contributed by atoms with E-state index in [0.29, 0.717) is 53.4 Å². The van der Waals surface area contributed by atoms with Crippen molar-refractivity contribution in [3.05, 3.63) is 102 Å². The molecule has 6 rings (SSSR count). The molecule has 5 aliphatic rings. The molecular formula is C39H54N2Si. The second-order valence-electron chi connectivity index (χ2n) is 16.6. The monoisotopic (exact) mass is 578 g/mol. The molecule has 3 heteroatoms. The van der Waals surface area contributed by atoms with Crippen LogP contribution in [0.4, 0.5) is 0 Å². The summed E-state index contributed by atoms with van der Waals surface area (Å²) >= 11 is 0. The Morgan fingerprint density at radius 2 is 1.19 bits per heavy atom. The molecule has 0 radical (unpaired) electrons. The van der Waals surface area contributed by atoms with Crippen molar-refractivity contribution in [2.45, 2.75) is 103 Å². The van der Waals surface area contributed by atoms with Gasteiger partial charge in [0.15, 0.2) is 0 Å². The maximum atomic E-state index is 4.26. The van der Waals surface area contributed by atoms with Crippen LogP contribution in [-0.2, 0) is 10.8 Å². The lowest BCUT2D eigenvalue weighted by Gasteiger charge is -2.49. The SMILES string of the molecule is CC(C)[C@@H]1NC2C(c3cc(C(C)(C)C)cc(C(C)(C)C)c3)=CC=C[C@H]2N1[Si](C)(C)C1C2C=CC=CC2C2C=CC=CC21. The van der Waals surface area contributed by atoms with Crippen molar-refractivity contribution in [1.29, 1.82) is 0 Å². The molecule has 1 aromatic carbocycles. The van der Waals surface area contributed by atoms with Gasteiger partial charge in [0, 0.05) is 6.04 Å². The molecule has 5 unspecified atom stereocenters. The molecule has 224 valence electrons. The van der Waals surface area contributed by atoms with E-state index in [1.165, 1.54) is 22.3 Å². The Morgan fingerprint density at radius 1 is 0.690 bits per heavy atom. The molecule has 2 fully saturated rings. The first-order chi connectivity index (χ1) is 19.7. The van der Waals surface area contributed by atoms with Crippen molar-refractivity contribution in [3.63, 3.8) is 0 Å². The Morgan fingerprint density at radius 3 is 1.67 bits per heavy atom. The minimum atomic E-state index is -1.98. The molecule has 1 aliphatic heterocycles. The van der Waals surface area contributed by atoms with Gasteiger partial charge in [-0.05, 0) is 68.2 Å². The van der Waals surface area contributed by atoms with Crippen LogP contribution in [0.15, 0.2) is 85.0 Å². The van der Waals surface area contributed by atoms with Gasteiger partial charge in [0.05, 0.1) is 12.2 Å². The molecular weight excluding hydrogens is 525 g/mol. The molecule has 2 nitrogen and oxygen atoms in total. The Bertz CT molecular complexity index is 1320. The molecule has 1 N–H and O–H groups in total. The molecule has 0 bridgehead atoms. The van der Waals surface area contributed by atoms with E-state index in [0.717, 1.165) is 0 Å². The smallest absolute Gasteiger partial charge is 0.129 e. The molecule has 42 heavy (non-hydrogen) atoms. The highest BCUT2D eigenvalue weighted by molar-refractivity contribution is 6.76. The summed E-state index contributed by atoms with van der Waals surface area (Å²) in [6, 6.07) is 8.10. The number of hydrogen-bond acceptors (Lipinski definition) is 2. The van der Waals surface area contributed by atoms with E-state index in [4.69, 9.17) is 0 Å². The third-order valence-electron chi connectivity index (χ3n) is 11.1. The standard InChI is InChI=1S/C39H54N2Si/c1-25(2)37-40-35-29(26-22-27(38(3,4)5)24-28(23-26)39(6,7)8)20-15-21-34(35)41(37)42(9,10)36-32-18-13-11-16-30(32)31-17-12-14-19-33(31)36/h11-25,30-37,40H,1-10H3/t30?,31?,32?,33?,34-,35?,36?,37-/m1/s1. The second kappa shape index (κ2) is 10.5. The summed E-state index contributed by atoms with van der Waals surface area (Å²) < 4.78 is 3.03. The van der Waals surface area contributed by atoms with Crippen LogP contribution >= 0.6 is 0 Å². The van der Waals surface area contributed by atoms with Gasteiger partial charge in [-0.15, -0.1) is 0 Å². The topological polar surface area (TPSA) is 15.3 Å². The maximum Gasteiger partial charge on any atom is 0.129 e. The van der Waals surface area contributed by atoms with Gasteiger partial charge in [-0.2, -0.15) is 0 Å². The van der Waals surface area contributed by atoms with Gasteiger partial charge in [0.1, 0.15) is 8.24 Å². The minimum Gasteiger partial charge on any atom is -0.301 e. The van der Waals surface area contributed by atoms with Crippen molar-refractivity contribution in [2.75, 3.05) is 0 Å². The van der Waals surface area contributed by atoms with E-state index in [1.54, 1.807) is 0 Å². The van der Waals surface area contributed by atoms with E-state index in [2.05, 4.69) is 163 Å². The summed E-state index contributed by atoms with van der Waals surface area (Å²) in [5.41, 5.74) is 6.59. The fraction of sp³-hybridized carbons (Fsp3) is 0.538. The van der Waals surface area contributed by atoms with Crippen molar-refractivity contribution in [1.82, 2.24) is 9.88 Å². The molecule has 4 aliphatic carbocycles. The number of nitrogens with zero attached hydrogens (tertiary/aromatic N) is 1. The maximum absolute atomic E-state index is 4.26. The largest absolute Gasteiger partial charge is 0.301 e. The van der Waals surface area contributed by atoms with Crippen LogP contribution in [0.5, 0.6) is 0 Å². The molecule has 7 atom stereocenters. The quantitative estimate of drug-likeness (QED) is 0.358. The molecule has 0 spiro atoms. The lowest BCUT2D eigenvalue weighted by molar-refractivity contribution is 0.258. The van der Waals surface area contributed by atoms with Gasteiger partial charge >= 0.3 is 0 Å². The van der Waals surface area contributed by atoms with Crippen LogP contribution in [0.2, 0.25) is 18.6 Å². The average molecular weight is 579 g/mol. The van der Waals surface area contributed by atoms with E-state index < -0.39 is 8.24 Å². The number of fused-ring (bicyclic) bond motifs is 4. The van der Waals surface area contributed by atoms with Crippen LogP contribution in [0.3, 0.4) is 0 Å². The Hall–Kier alpha value is -2.20. The van der Waals surface area contributed by atoms with E-state index in [9.17, 15) is 0 Å². The highest BCUT2D eigenvalue weighted by Gasteiger charge is 2.59. The van der Waals surface area contributed by atoms with Gasteiger partial charge in [0.2, 0.25) is 0 Å². The Kier molecular flexibility index (Phi) is 7.43. The van der Waals surface area contributed by atoms with Crippen LogP contribution in [-0.4, -0.2) is 31.1 Å². The zero-order valence-corrected chi connectivity index (χ0v) is 28.7. The predicted molar refractivity (Wildman–Crippen MR) is 184 cm³/mol. The van der Waals surface area contributed by atoms with Gasteiger partial charge in [0.25, 0.3) is 0 Å². The van der Waals surface area contributed by atoms with Crippen LogP contribution < -0.4 is 5.32 Å². The summed E-state index contributed by atoms with van der Waals surface area (Å²) in [5.74, 6) is 3.00. The lowest BCUT2D eigenvalue weighted by atomic mass is 9.77. The number of nitrogens with one attached hydrogen (secondary N) is 1. The summed E-state index contributed by atoms with van der Waals surface area (Å²) in [4.78, 5) is 0. The summed E-state index contributed by atoms with van der Waals surface area (Å²) in [6.45, 7) is 24.3. The minimum absolute atomic E-state index is 0.102. The summed E-state index contributed by atoms with van der Waals surface area (Å²) in [6.07, 6.45) is 27.0. The zero-order valence-electron chi connectivity index (χ0n) is 27.7. The van der Waals surface area contributed by atoms with Crippen LogP contribution in [0.25, 0.3) is 5.57 Å². The fourth-order valence-corrected chi connectivity index (χ4v) is 13.9. The van der Waals surface area contributed by atoms with Crippen LogP contribution in [0, 0.1) is 29.6 Å². The van der Waals surface area contributed by atoms with Crippen LogP contribution in [0.1, 0.15) is 72.1 Å². The van der Waals surface area contributed by atoms with Crippen molar-refractivity contribution in [2.24, 2.45) is 29.6 Å². The van der Waals surface area contributed by atoms with Crippen molar-refractivity contribution >= 4 is 13.8 Å². The number of hydrogen-bond donors (Lipinski definition) is 1. The van der Waals surface area contributed by atoms with E-state index in [-0.39, 0.29) is 10.8 Å². The number of allylic oxidation sites excluding steroid dienone is 10. The van der Waals surface area contributed by atoms with Crippen molar-refractivity contribution < 1.29 is 0 Å². The van der Waals surface area contributed by atoms with E-state index >= 15 is 0 Å². The number of rotatable bonds is 4. The first-order valence-corrected chi connectivity index (χ1v) is 19.5. The number of benzene rings is 1. The Balaban J connectivity index is 1.41. The van der Waals surface area contributed by atoms with Gasteiger partial charge in [-0.25, -0.2) is 0 Å². The third-order valence-corrected chi connectivity index (χ3v) is 15.4. The fourth-order valence-electron chi connectivity index (χ4n) is 8.90. The molecule has 0 aromatic heterocycles. The highest BCUT2D eigenvalue weighted by atomic mass is 28.3. The van der Waals surface area contributed by atoms with Gasteiger partial charge < -0.3 is 4.57 Å². The van der Waals surface area contributed by atoms with Crippen molar-refractivity contribution in [3.8, 4) is 0 Å².